The Morgan fingerprint density at radius 3 is 1.73 bits per heavy atom. The molecule has 0 aliphatic rings. The zero-order valence-electron chi connectivity index (χ0n) is 13.6. The number of rotatable bonds is 5. The average Bonchev–Trinajstić information content (AvgIpc) is 2.51. The van der Waals surface area contributed by atoms with Gasteiger partial charge in [-0.3, -0.25) is 0 Å². The molecule has 0 aliphatic heterocycles. The molecule has 2 heteroatoms. The van der Waals surface area contributed by atoms with Gasteiger partial charge in [0.25, 0.3) is 9.04 Å². The van der Waals surface area contributed by atoms with Gasteiger partial charge in [0.05, 0.1) is 6.26 Å². The van der Waals surface area contributed by atoms with E-state index in [1.807, 2.05) is 24.5 Å². The van der Waals surface area contributed by atoms with Crippen molar-refractivity contribution >= 4 is 19.4 Å². The molecule has 0 saturated carbocycles. The highest BCUT2D eigenvalue weighted by molar-refractivity contribution is 6.80. The normalized spacial score (nSPS) is 12.4. The molecular weight excluding hydrogens is 284 g/mol. The van der Waals surface area contributed by atoms with Crippen LogP contribution < -0.4 is 10.4 Å². The van der Waals surface area contributed by atoms with E-state index in [9.17, 15) is 0 Å². The van der Waals surface area contributed by atoms with Crippen molar-refractivity contribution in [1.29, 1.82) is 0 Å². The predicted octanol–water partition coefficient (Wildman–Crippen LogP) is 3.66. The Kier molecular flexibility index (Phi) is 5.79. The molecule has 2 aromatic carbocycles. The molecule has 0 aliphatic carbocycles. The molecule has 0 heterocycles. The third kappa shape index (κ3) is 5.38. The minimum atomic E-state index is -1.66. The van der Waals surface area contributed by atoms with E-state index in [-0.39, 0.29) is 5.41 Å². The summed E-state index contributed by atoms with van der Waals surface area (Å²) >= 11 is 0. The molecule has 0 amide bonds. The van der Waals surface area contributed by atoms with Gasteiger partial charge in [0.15, 0.2) is 0 Å². The quantitative estimate of drug-likeness (QED) is 0.465. The third-order valence-electron chi connectivity index (χ3n) is 3.21. The zero-order valence-corrected chi connectivity index (χ0v) is 14.7. The number of hydrogen-bond donors (Lipinski definition) is 0. The van der Waals surface area contributed by atoms with E-state index < -0.39 is 9.04 Å². The van der Waals surface area contributed by atoms with Crippen LogP contribution >= 0.6 is 0 Å². The lowest BCUT2D eigenvalue weighted by Gasteiger charge is -2.15. The van der Waals surface area contributed by atoms with Crippen molar-refractivity contribution in [2.24, 2.45) is 5.41 Å². The van der Waals surface area contributed by atoms with Crippen LogP contribution in [0, 0.1) is 5.41 Å². The Morgan fingerprint density at radius 1 is 0.773 bits per heavy atom. The van der Waals surface area contributed by atoms with Gasteiger partial charge in [-0.2, -0.15) is 0 Å². The molecule has 0 saturated heterocycles. The van der Waals surface area contributed by atoms with Crippen LogP contribution in [0.1, 0.15) is 20.8 Å². The average molecular weight is 308 g/mol. The molecule has 0 bridgehead atoms. The molecule has 0 spiro atoms. The topological polar surface area (TPSA) is 9.23 Å². The fourth-order valence-electron chi connectivity index (χ4n) is 2.12. The van der Waals surface area contributed by atoms with Crippen LogP contribution in [0.4, 0.5) is 0 Å². The van der Waals surface area contributed by atoms with Gasteiger partial charge >= 0.3 is 0 Å². The van der Waals surface area contributed by atoms with Gasteiger partial charge in [-0.25, -0.2) is 0 Å². The second-order valence-corrected chi connectivity index (χ2v) is 8.76. The summed E-state index contributed by atoms with van der Waals surface area (Å²) in [6.45, 7) is 6.55. The number of allylic oxidation sites excluding steroid dienone is 3. The smallest absolute Gasteiger partial charge is 0.298 e. The lowest BCUT2D eigenvalue weighted by molar-refractivity contribution is 0.511. The van der Waals surface area contributed by atoms with E-state index in [0.29, 0.717) is 0 Å². The molecule has 0 unspecified atom stereocenters. The fraction of sp³-hybridized carbons (Fsp3) is 0.200. The van der Waals surface area contributed by atoms with E-state index in [1.165, 1.54) is 10.4 Å². The van der Waals surface area contributed by atoms with E-state index >= 15 is 0 Å². The Labute approximate surface area is 135 Å². The number of hydrogen-bond acceptors (Lipinski definition) is 1. The van der Waals surface area contributed by atoms with Crippen molar-refractivity contribution in [3.8, 4) is 0 Å². The SMILES string of the molecule is CC(C)(C)/C=C/C=C\O[SiH](c1ccccc1)c1ccccc1. The van der Waals surface area contributed by atoms with E-state index in [1.54, 1.807) is 0 Å². The van der Waals surface area contributed by atoms with E-state index in [0.717, 1.165) is 0 Å². The third-order valence-corrected chi connectivity index (χ3v) is 5.62. The lowest BCUT2D eigenvalue weighted by atomic mass is 9.96. The minimum absolute atomic E-state index is 0.194. The molecule has 22 heavy (non-hydrogen) atoms. The summed E-state index contributed by atoms with van der Waals surface area (Å²) in [5, 5.41) is 2.58. The van der Waals surface area contributed by atoms with Crippen LogP contribution in [0.2, 0.25) is 0 Å². The maximum absolute atomic E-state index is 6.14. The van der Waals surface area contributed by atoms with Gasteiger partial charge in [0.1, 0.15) is 0 Å². The molecule has 0 atom stereocenters. The van der Waals surface area contributed by atoms with E-state index in [2.05, 4.69) is 81.5 Å². The van der Waals surface area contributed by atoms with Gasteiger partial charge in [0.2, 0.25) is 0 Å². The van der Waals surface area contributed by atoms with Crippen molar-refractivity contribution < 1.29 is 4.43 Å². The second kappa shape index (κ2) is 7.81. The summed E-state index contributed by atoms with van der Waals surface area (Å²) in [4.78, 5) is 0. The summed E-state index contributed by atoms with van der Waals surface area (Å²) in [6.07, 6.45) is 8.05. The standard InChI is InChI=1S/C20H24OSi/c1-20(2,3)16-10-11-17-21-22(18-12-6-4-7-13-18)19-14-8-5-9-15-19/h4-17,22H,1-3H3/b16-10+,17-11-. The largest absolute Gasteiger partial charge is 0.543 e. The molecule has 0 N–H and O–H groups in total. The molecule has 0 aromatic heterocycles. The van der Waals surface area contributed by atoms with Gasteiger partial charge in [0, 0.05) is 0 Å². The number of benzene rings is 2. The lowest BCUT2D eigenvalue weighted by Crippen LogP contribution is -2.43. The van der Waals surface area contributed by atoms with E-state index in [4.69, 9.17) is 4.43 Å². The summed E-state index contributed by atoms with van der Waals surface area (Å²) in [5.74, 6) is 0. The summed E-state index contributed by atoms with van der Waals surface area (Å²) in [6, 6.07) is 21.0. The molecule has 0 radical (unpaired) electrons. The van der Waals surface area contributed by atoms with Crippen molar-refractivity contribution in [1.82, 2.24) is 0 Å². The first-order valence-electron chi connectivity index (χ1n) is 7.66. The summed E-state index contributed by atoms with van der Waals surface area (Å²) < 4.78 is 6.14. The first-order chi connectivity index (χ1) is 10.6. The molecular formula is C20H24OSi. The first-order valence-corrected chi connectivity index (χ1v) is 9.28. The predicted molar refractivity (Wildman–Crippen MR) is 98.1 cm³/mol. The highest BCUT2D eigenvalue weighted by atomic mass is 28.3. The Morgan fingerprint density at radius 2 is 1.27 bits per heavy atom. The molecule has 114 valence electrons. The van der Waals surface area contributed by atoms with Crippen LogP contribution in [-0.2, 0) is 4.43 Å². The minimum Gasteiger partial charge on any atom is -0.543 e. The van der Waals surface area contributed by atoms with Crippen molar-refractivity contribution in [3.05, 3.63) is 85.2 Å². The van der Waals surface area contributed by atoms with Gasteiger partial charge in [-0.05, 0) is 21.9 Å². The van der Waals surface area contributed by atoms with Crippen LogP contribution in [0.5, 0.6) is 0 Å². The summed E-state index contributed by atoms with van der Waals surface area (Å²) in [5.41, 5.74) is 0.194. The zero-order chi connectivity index (χ0) is 15.8. The van der Waals surface area contributed by atoms with Gasteiger partial charge in [-0.15, -0.1) is 0 Å². The molecule has 2 rings (SSSR count). The highest BCUT2D eigenvalue weighted by Crippen LogP contribution is 2.14. The van der Waals surface area contributed by atoms with Crippen LogP contribution in [0.15, 0.2) is 85.2 Å². The highest BCUT2D eigenvalue weighted by Gasteiger charge is 2.17. The fourth-order valence-corrected chi connectivity index (χ4v) is 4.21. The Balaban J connectivity index is 2.13. The van der Waals surface area contributed by atoms with Crippen LogP contribution in [-0.4, -0.2) is 9.04 Å². The van der Waals surface area contributed by atoms with Crippen LogP contribution in [0.3, 0.4) is 0 Å². The van der Waals surface area contributed by atoms with Crippen LogP contribution in [0.25, 0.3) is 0 Å². The molecule has 0 fully saturated rings. The summed E-state index contributed by atoms with van der Waals surface area (Å²) in [7, 11) is -1.66. The van der Waals surface area contributed by atoms with Crippen molar-refractivity contribution in [2.75, 3.05) is 0 Å². The first kappa shape index (κ1) is 16.3. The van der Waals surface area contributed by atoms with Crippen molar-refractivity contribution in [2.45, 2.75) is 20.8 Å². The van der Waals surface area contributed by atoms with Gasteiger partial charge < -0.3 is 4.43 Å². The molecule has 1 nitrogen and oxygen atoms in total. The monoisotopic (exact) mass is 308 g/mol. The Bertz CT molecular complexity index is 570. The maximum Gasteiger partial charge on any atom is 0.298 e. The van der Waals surface area contributed by atoms with Gasteiger partial charge in [-0.1, -0.05) is 93.6 Å². The second-order valence-electron chi connectivity index (χ2n) is 6.39. The maximum atomic E-state index is 6.14. The molecule has 2 aromatic rings. The Hall–Kier alpha value is -2.06. The van der Waals surface area contributed by atoms with Crippen molar-refractivity contribution in [3.63, 3.8) is 0 Å².